The zero-order valence-corrected chi connectivity index (χ0v) is 25.2. The van der Waals surface area contributed by atoms with E-state index in [0.717, 1.165) is 20.9 Å². The highest BCUT2D eigenvalue weighted by atomic mass is 32.2. The number of hydrogen-bond acceptors (Lipinski definition) is 6. The molecule has 0 atom stereocenters. The van der Waals surface area contributed by atoms with Gasteiger partial charge in [0.1, 0.15) is 12.5 Å². The maximum atomic E-state index is 13.8. The number of carbonyl (C=O) groups is 3. The molecule has 0 saturated heterocycles. The van der Waals surface area contributed by atoms with Gasteiger partial charge in [0.25, 0.3) is 10.0 Å². The second-order valence-corrected chi connectivity index (χ2v) is 12.2. The Hall–Kier alpha value is -4.18. The lowest BCUT2D eigenvalue weighted by Crippen LogP contribution is -2.49. The van der Waals surface area contributed by atoms with Gasteiger partial charge in [0, 0.05) is 24.3 Å². The minimum atomic E-state index is -4.10. The highest BCUT2D eigenvalue weighted by Gasteiger charge is 2.31. The second kappa shape index (κ2) is 15.7. The van der Waals surface area contributed by atoms with E-state index in [0.29, 0.717) is 24.8 Å². The van der Waals surface area contributed by atoms with Crippen molar-refractivity contribution in [2.45, 2.75) is 46.6 Å². The lowest BCUT2D eigenvalue weighted by molar-refractivity contribution is 0.0932. The lowest BCUT2D eigenvalue weighted by Gasteiger charge is -2.29. The van der Waals surface area contributed by atoms with Crippen LogP contribution in [0.1, 0.15) is 55.1 Å². The number of nitrogens with one attached hydrogen (secondary N) is 1. The Kier molecular flexibility index (Phi) is 12.1. The van der Waals surface area contributed by atoms with Crippen molar-refractivity contribution in [2.75, 3.05) is 23.7 Å². The molecule has 0 aliphatic heterocycles. The fourth-order valence-electron chi connectivity index (χ4n) is 4.17. The van der Waals surface area contributed by atoms with E-state index >= 15 is 0 Å². The number of urea groups is 1. The Morgan fingerprint density at radius 1 is 0.857 bits per heavy atom. The third-order valence-corrected chi connectivity index (χ3v) is 7.66. The molecule has 0 aliphatic rings. The molecule has 3 amide bonds. The van der Waals surface area contributed by atoms with Crippen molar-refractivity contribution in [3.8, 4) is 0 Å². The van der Waals surface area contributed by atoms with Crippen molar-refractivity contribution < 1.29 is 27.5 Å². The molecule has 224 valence electrons. The van der Waals surface area contributed by atoms with Gasteiger partial charge in [-0.05, 0) is 55.4 Å². The molecule has 0 spiro atoms. The maximum absolute atomic E-state index is 13.8. The molecule has 10 heteroatoms. The van der Waals surface area contributed by atoms with E-state index < -0.39 is 28.0 Å². The van der Waals surface area contributed by atoms with Crippen LogP contribution in [-0.4, -0.2) is 55.1 Å². The fourth-order valence-corrected chi connectivity index (χ4v) is 5.37. The van der Waals surface area contributed by atoms with Crippen LogP contribution in [-0.2, 0) is 27.8 Å². The number of anilines is 1. The molecule has 0 aliphatic carbocycles. The number of ketones is 1. The Morgan fingerprint density at radius 3 is 2.12 bits per heavy atom. The average molecular weight is 594 g/mol. The maximum Gasteiger partial charge on any atom is 0.418 e. The molecule has 0 fully saturated rings. The molecular weight excluding hydrogens is 554 g/mol. The van der Waals surface area contributed by atoms with E-state index in [4.69, 9.17) is 4.74 Å². The van der Waals surface area contributed by atoms with Gasteiger partial charge in [0.2, 0.25) is 0 Å². The third-order valence-electron chi connectivity index (χ3n) is 6.46. The van der Waals surface area contributed by atoms with E-state index in [9.17, 15) is 22.8 Å². The van der Waals surface area contributed by atoms with Crippen LogP contribution in [0.15, 0.2) is 84.9 Å². The van der Waals surface area contributed by atoms with Crippen molar-refractivity contribution in [1.29, 1.82) is 0 Å². The summed E-state index contributed by atoms with van der Waals surface area (Å²) in [6, 6.07) is 24.2. The summed E-state index contributed by atoms with van der Waals surface area (Å²) < 4.78 is 34.5. The van der Waals surface area contributed by atoms with Gasteiger partial charge in [0.05, 0.1) is 0 Å². The van der Waals surface area contributed by atoms with Crippen LogP contribution in [0.25, 0.3) is 0 Å². The summed E-state index contributed by atoms with van der Waals surface area (Å²) in [7, 11) is -4.10. The Labute approximate surface area is 248 Å². The minimum absolute atomic E-state index is 0.0223. The van der Waals surface area contributed by atoms with Crippen LogP contribution in [0.4, 0.5) is 15.3 Å². The summed E-state index contributed by atoms with van der Waals surface area (Å²) in [6.07, 6.45) is 0.773. The monoisotopic (exact) mass is 593 g/mol. The summed E-state index contributed by atoms with van der Waals surface area (Å²) in [5.41, 5.74) is 2.37. The molecule has 42 heavy (non-hydrogen) atoms. The SMILES string of the molecule is CC(=O)c1cccc(NS(=O)(=O)CN(CCCc2ccccc2)C(=O)N(CCC(C)C)C(=O)OCc2ccccc2)c1. The molecule has 0 saturated carbocycles. The summed E-state index contributed by atoms with van der Waals surface area (Å²) in [6.45, 7) is 5.48. The van der Waals surface area contributed by atoms with E-state index in [2.05, 4.69) is 4.72 Å². The van der Waals surface area contributed by atoms with E-state index in [1.165, 1.54) is 19.1 Å². The molecule has 9 nitrogen and oxygen atoms in total. The van der Waals surface area contributed by atoms with Crippen molar-refractivity contribution in [2.24, 2.45) is 5.92 Å². The quantitative estimate of drug-likeness (QED) is 0.219. The average Bonchev–Trinajstić information content (AvgIpc) is 2.96. The summed E-state index contributed by atoms with van der Waals surface area (Å²) in [5.74, 6) is -0.703. The zero-order chi connectivity index (χ0) is 30.5. The first-order chi connectivity index (χ1) is 20.0. The Balaban J connectivity index is 1.82. The zero-order valence-electron chi connectivity index (χ0n) is 24.4. The topological polar surface area (TPSA) is 113 Å². The number of amides is 3. The van der Waals surface area contributed by atoms with Crippen molar-refractivity contribution in [3.63, 3.8) is 0 Å². The number of rotatable bonds is 14. The number of imide groups is 1. The molecule has 0 aromatic heterocycles. The molecule has 3 rings (SSSR count). The molecular formula is C32H39N3O6S. The van der Waals surface area contributed by atoms with Gasteiger partial charge in [-0.15, -0.1) is 0 Å². The predicted molar refractivity (Wildman–Crippen MR) is 164 cm³/mol. The van der Waals surface area contributed by atoms with Gasteiger partial charge in [-0.1, -0.05) is 86.6 Å². The molecule has 0 bridgehead atoms. The second-order valence-electron chi connectivity index (χ2n) is 10.5. The van der Waals surface area contributed by atoms with Crippen LogP contribution in [0.3, 0.4) is 0 Å². The first-order valence-electron chi connectivity index (χ1n) is 14.0. The summed E-state index contributed by atoms with van der Waals surface area (Å²) >= 11 is 0. The first-order valence-corrected chi connectivity index (χ1v) is 15.6. The fraction of sp³-hybridized carbons (Fsp3) is 0.344. The largest absolute Gasteiger partial charge is 0.444 e. The number of carbonyl (C=O) groups excluding carboxylic acids is 3. The minimum Gasteiger partial charge on any atom is -0.444 e. The van der Waals surface area contributed by atoms with Crippen molar-refractivity contribution in [1.82, 2.24) is 9.80 Å². The van der Waals surface area contributed by atoms with Gasteiger partial charge in [0.15, 0.2) is 5.78 Å². The highest BCUT2D eigenvalue weighted by molar-refractivity contribution is 7.92. The lowest BCUT2D eigenvalue weighted by atomic mass is 10.1. The standard InChI is InChI=1S/C32H39N3O6S/c1-25(2)19-21-35(32(38)41-23-28-14-8-5-9-15-28)31(37)34(20-11-16-27-12-6-4-7-13-27)24-42(39,40)33-30-18-10-17-29(22-30)26(3)36/h4-10,12-15,17-18,22,25,33H,11,16,19-21,23-24H2,1-3H3. The molecule has 0 radical (unpaired) electrons. The number of Topliss-reactive ketones (excluding diaryl/α,β-unsaturated/α-hetero) is 1. The normalized spacial score (nSPS) is 11.1. The molecule has 0 unspecified atom stereocenters. The van der Waals surface area contributed by atoms with Crippen molar-refractivity contribution >= 4 is 33.6 Å². The smallest absolute Gasteiger partial charge is 0.418 e. The Bertz CT molecular complexity index is 1430. The van der Waals surface area contributed by atoms with Crippen LogP contribution < -0.4 is 4.72 Å². The number of hydrogen-bond donors (Lipinski definition) is 1. The third kappa shape index (κ3) is 10.7. The molecule has 3 aromatic carbocycles. The number of sulfonamides is 1. The highest BCUT2D eigenvalue weighted by Crippen LogP contribution is 2.16. The first kappa shape index (κ1) is 32.3. The predicted octanol–water partition coefficient (Wildman–Crippen LogP) is 6.33. The van der Waals surface area contributed by atoms with Crippen molar-refractivity contribution in [3.05, 3.63) is 102 Å². The summed E-state index contributed by atoms with van der Waals surface area (Å²) in [4.78, 5) is 40.9. The number of ether oxygens (including phenoxy) is 1. The van der Waals surface area contributed by atoms with E-state index in [-0.39, 0.29) is 37.1 Å². The number of benzene rings is 3. The van der Waals surface area contributed by atoms with Gasteiger partial charge < -0.3 is 9.64 Å². The van der Waals surface area contributed by atoms with Gasteiger partial charge >= 0.3 is 12.1 Å². The number of aryl methyl sites for hydroxylation is 1. The van der Waals surface area contributed by atoms with E-state index in [1.807, 2.05) is 74.5 Å². The molecule has 1 N–H and O–H groups in total. The van der Waals surface area contributed by atoms with Crippen LogP contribution in [0, 0.1) is 5.92 Å². The molecule has 3 aromatic rings. The number of nitrogens with zero attached hydrogens (tertiary/aromatic N) is 2. The van der Waals surface area contributed by atoms with Gasteiger partial charge in [-0.25, -0.2) is 22.9 Å². The summed E-state index contributed by atoms with van der Waals surface area (Å²) in [5, 5.41) is 0. The van der Waals surface area contributed by atoms with Crippen LogP contribution in [0.2, 0.25) is 0 Å². The van der Waals surface area contributed by atoms with E-state index in [1.54, 1.807) is 12.1 Å². The van der Waals surface area contributed by atoms with Crippen LogP contribution in [0.5, 0.6) is 0 Å². The van der Waals surface area contributed by atoms with Crippen LogP contribution >= 0.6 is 0 Å². The molecule has 0 heterocycles. The van der Waals surface area contributed by atoms with Gasteiger partial charge in [-0.3, -0.25) is 9.52 Å². The van der Waals surface area contributed by atoms with Gasteiger partial charge in [-0.2, -0.15) is 0 Å². The Morgan fingerprint density at radius 2 is 1.50 bits per heavy atom.